The Morgan fingerprint density at radius 1 is 1.17 bits per heavy atom. The Balaban J connectivity index is 2.30. The maximum atomic E-state index is 11.7. The minimum absolute atomic E-state index is 0.217. The zero-order valence-corrected chi connectivity index (χ0v) is 16.2. The van der Waals surface area contributed by atoms with Crippen LogP contribution in [-0.4, -0.2) is 15.7 Å². The van der Waals surface area contributed by atoms with Gasteiger partial charge in [-0.2, -0.15) is 5.10 Å². The van der Waals surface area contributed by atoms with Crippen molar-refractivity contribution in [2.45, 2.75) is 6.92 Å². The van der Waals surface area contributed by atoms with Crippen LogP contribution < -0.4 is 5.73 Å². The summed E-state index contributed by atoms with van der Waals surface area (Å²) in [5, 5.41) is 5.35. The summed E-state index contributed by atoms with van der Waals surface area (Å²) in [6.45, 7) is 1.82. The SMILES string of the molecule is Cc1c(C(N)=O)nn(-c2ccc(Cl)cc2Cl)c1-c1ccc(I)cc1. The fourth-order valence-corrected chi connectivity index (χ4v) is 3.35. The highest BCUT2D eigenvalue weighted by Gasteiger charge is 2.21. The average molecular weight is 472 g/mol. The molecule has 0 aliphatic heterocycles. The highest BCUT2D eigenvalue weighted by molar-refractivity contribution is 14.1. The van der Waals surface area contributed by atoms with Crippen LogP contribution in [0.3, 0.4) is 0 Å². The first-order valence-electron chi connectivity index (χ1n) is 6.99. The van der Waals surface area contributed by atoms with Crippen LogP contribution in [0.4, 0.5) is 0 Å². The third-order valence-corrected chi connectivity index (χ3v) is 4.87. The lowest BCUT2D eigenvalue weighted by atomic mass is 10.1. The molecule has 4 nitrogen and oxygen atoms in total. The lowest BCUT2D eigenvalue weighted by molar-refractivity contribution is 0.0994. The van der Waals surface area contributed by atoms with Crippen molar-refractivity contribution in [2.24, 2.45) is 5.73 Å². The number of hydrogen-bond acceptors (Lipinski definition) is 2. The summed E-state index contributed by atoms with van der Waals surface area (Å²) in [7, 11) is 0. The maximum absolute atomic E-state index is 11.7. The summed E-state index contributed by atoms with van der Waals surface area (Å²) in [6, 6.07) is 13.0. The molecule has 7 heteroatoms. The molecule has 1 aromatic heterocycles. The molecule has 24 heavy (non-hydrogen) atoms. The third-order valence-electron chi connectivity index (χ3n) is 3.61. The monoisotopic (exact) mass is 471 g/mol. The lowest BCUT2D eigenvalue weighted by Crippen LogP contribution is -2.13. The van der Waals surface area contributed by atoms with Gasteiger partial charge in [-0.25, -0.2) is 4.68 Å². The molecule has 0 bridgehead atoms. The molecule has 0 radical (unpaired) electrons. The molecule has 1 heterocycles. The average Bonchev–Trinajstić information content (AvgIpc) is 2.86. The van der Waals surface area contributed by atoms with Crippen molar-refractivity contribution >= 4 is 51.7 Å². The summed E-state index contributed by atoms with van der Waals surface area (Å²) >= 11 is 14.5. The molecule has 122 valence electrons. The van der Waals surface area contributed by atoms with E-state index in [4.69, 9.17) is 28.9 Å². The summed E-state index contributed by atoms with van der Waals surface area (Å²) < 4.78 is 2.75. The molecular weight excluding hydrogens is 460 g/mol. The molecule has 0 saturated carbocycles. The molecule has 0 saturated heterocycles. The van der Waals surface area contributed by atoms with Gasteiger partial charge in [-0.1, -0.05) is 35.3 Å². The van der Waals surface area contributed by atoms with Crippen molar-refractivity contribution in [2.75, 3.05) is 0 Å². The quantitative estimate of drug-likeness (QED) is 0.554. The van der Waals surface area contributed by atoms with Crippen LogP contribution in [0.25, 0.3) is 16.9 Å². The zero-order chi connectivity index (χ0) is 17.4. The van der Waals surface area contributed by atoms with Gasteiger partial charge in [0, 0.05) is 19.7 Å². The molecule has 2 N–H and O–H groups in total. The molecule has 0 fully saturated rings. The summed E-state index contributed by atoms with van der Waals surface area (Å²) in [4.78, 5) is 11.7. The molecule has 2 aromatic carbocycles. The van der Waals surface area contributed by atoms with E-state index < -0.39 is 5.91 Å². The van der Waals surface area contributed by atoms with E-state index in [1.165, 1.54) is 0 Å². The lowest BCUT2D eigenvalue weighted by Gasteiger charge is -2.11. The van der Waals surface area contributed by atoms with Crippen molar-refractivity contribution in [3.8, 4) is 16.9 Å². The number of carbonyl (C=O) groups excluding carboxylic acids is 1. The van der Waals surface area contributed by atoms with Crippen molar-refractivity contribution in [1.29, 1.82) is 0 Å². The molecule has 0 atom stereocenters. The van der Waals surface area contributed by atoms with Gasteiger partial charge in [0.2, 0.25) is 0 Å². The van der Waals surface area contributed by atoms with Crippen molar-refractivity contribution in [3.05, 3.63) is 67.3 Å². The smallest absolute Gasteiger partial charge is 0.269 e. The molecular formula is C17H12Cl2IN3O. The van der Waals surface area contributed by atoms with Gasteiger partial charge in [0.25, 0.3) is 5.91 Å². The second kappa shape index (κ2) is 6.74. The molecule has 0 unspecified atom stereocenters. The van der Waals surface area contributed by atoms with Crippen LogP contribution in [0.2, 0.25) is 10.0 Å². The third kappa shape index (κ3) is 3.16. The molecule has 0 spiro atoms. The zero-order valence-electron chi connectivity index (χ0n) is 12.6. The van der Waals surface area contributed by atoms with Crippen LogP contribution in [0, 0.1) is 10.5 Å². The number of nitrogens with zero attached hydrogens (tertiary/aromatic N) is 2. The second-order valence-electron chi connectivity index (χ2n) is 5.20. The summed E-state index contributed by atoms with van der Waals surface area (Å²) in [5.41, 5.74) is 8.70. The van der Waals surface area contributed by atoms with Gasteiger partial charge in [0.1, 0.15) is 0 Å². The Bertz CT molecular complexity index is 936. The topological polar surface area (TPSA) is 60.9 Å². The predicted molar refractivity (Wildman–Crippen MR) is 105 cm³/mol. The number of carbonyl (C=O) groups is 1. The maximum Gasteiger partial charge on any atom is 0.269 e. The van der Waals surface area contributed by atoms with Crippen LogP contribution in [0.15, 0.2) is 42.5 Å². The van der Waals surface area contributed by atoms with E-state index in [1.54, 1.807) is 22.9 Å². The molecule has 0 aliphatic rings. The fourth-order valence-electron chi connectivity index (χ4n) is 2.50. The highest BCUT2D eigenvalue weighted by Crippen LogP contribution is 2.32. The summed E-state index contributed by atoms with van der Waals surface area (Å²) in [6.07, 6.45) is 0. The second-order valence-corrected chi connectivity index (χ2v) is 7.29. The molecule has 1 amide bonds. The van der Waals surface area contributed by atoms with E-state index in [0.717, 1.165) is 14.8 Å². The van der Waals surface area contributed by atoms with Crippen molar-refractivity contribution < 1.29 is 4.79 Å². The fraction of sp³-hybridized carbons (Fsp3) is 0.0588. The van der Waals surface area contributed by atoms with Gasteiger partial charge >= 0.3 is 0 Å². The van der Waals surface area contributed by atoms with Gasteiger partial charge in [-0.05, 0) is 59.8 Å². The Morgan fingerprint density at radius 2 is 1.83 bits per heavy atom. The minimum Gasteiger partial charge on any atom is -0.364 e. The molecule has 3 rings (SSSR count). The first kappa shape index (κ1) is 17.3. The summed E-state index contributed by atoms with van der Waals surface area (Å²) in [5.74, 6) is -0.580. The Labute approximate surface area is 162 Å². The van der Waals surface area contributed by atoms with Crippen molar-refractivity contribution in [3.63, 3.8) is 0 Å². The number of benzene rings is 2. The number of primary amides is 1. The predicted octanol–water partition coefficient (Wildman–Crippen LogP) is 4.86. The van der Waals surface area contributed by atoms with Crippen LogP contribution in [-0.2, 0) is 0 Å². The van der Waals surface area contributed by atoms with E-state index in [9.17, 15) is 4.79 Å². The minimum atomic E-state index is -0.580. The number of nitrogens with two attached hydrogens (primary N) is 1. The van der Waals surface area contributed by atoms with Gasteiger partial charge in [-0.3, -0.25) is 4.79 Å². The largest absolute Gasteiger partial charge is 0.364 e. The Morgan fingerprint density at radius 3 is 2.42 bits per heavy atom. The van der Waals surface area contributed by atoms with Crippen LogP contribution >= 0.6 is 45.8 Å². The molecule has 3 aromatic rings. The van der Waals surface area contributed by atoms with E-state index in [0.29, 0.717) is 21.3 Å². The van der Waals surface area contributed by atoms with Crippen LogP contribution in [0.5, 0.6) is 0 Å². The standard InChI is InChI=1S/C17H12Cl2IN3O/c1-9-15(17(21)24)22-23(14-7-4-11(18)8-13(14)19)16(9)10-2-5-12(20)6-3-10/h2-8H,1H3,(H2,21,24). The van der Waals surface area contributed by atoms with E-state index in [-0.39, 0.29) is 5.69 Å². The van der Waals surface area contributed by atoms with Crippen LogP contribution in [0.1, 0.15) is 16.1 Å². The number of hydrogen-bond donors (Lipinski definition) is 1. The van der Waals surface area contributed by atoms with Gasteiger partial charge < -0.3 is 5.73 Å². The number of aromatic nitrogens is 2. The van der Waals surface area contributed by atoms with E-state index >= 15 is 0 Å². The number of halogens is 3. The Hall–Kier alpha value is -1.57. The van der Waals surface area contributed by atoms with E-state index in [2.05, 4.69) is 27.7 Å². The first-order valence-corrected chi connectivity index (χ1v) is 8.82. The number of amides is 1. The van der Waals surface area contributed by atoms with Gasteiger partial charge in [-0.15, -0.1) is 0 Å². The number of rotatable bonds is 3. The van der Waals surface area contributed by atoms with Gasteiger partial charge in [0.05, 0.1) is 16.4 Å². The molecule has 0 aliphatic carbocycles. The normalized spacial score (nSPS) is 10.8. The van der Waals surface area contributed by atoms with Gasteiger partial charge in [0.15, 0.2) is 5.69 Å². The first-order chi connectivity index (χ1) is 11.4. The Kier molecular flexibility index (Phi) is 4.85. The highest BCUT2D eigenvalue weighted by atomic mass is 127. The van der Waals surface area contributed by atoms with E-state index in [1.807, 2.05) is 31.2 Å². The van der Waals surface area contributed by atoms with Crippen molar-refractivity contribution in [1.82, 2.24) is 9.78 Å².